The maximum absolute atomic E-state index is 13.7. The predicted octanol–water partition coefficient (Wildman–Crippen LogP) is 9.16. The molecule has 24 heteroatoms. The van der Waals surface area contributed by atoms with Crippen LogP contribution < -0.4 is 32.1 Å². The number of para-hydroxylation sites is 2. The lowest BCUT2D eigenvalue weighted by molar-refractivity contribution is -0.438. The van der Waals surface area contributed by atoms with Crippen LogP contribution in [0.3, 0.4) is 0 Å². The maximum Gasteiger partial charge on any atom is 0.326 e. The van der Waals surface area contributed by atoms with Gasteiger partial charge in [-0.2, -0.15) is 26.4 Å². The number of nitrogens with two attached hydrogens (primary N) is 1. The Morgan fingerprint density at radius 3 is 2.15 bits per heavy atom. The highest BCUT2D eigenvalue weighted by molar-refractivity contribution is 7.86. The van der Waals surface area contributed by atoms with Crippen LogP contribution in [0.25, 0.3) is 16.7 Å². The van der Waals surface area contributed by atoms with Gasteiger partial charge in [0.1, 0.15) is 18.4 Å². The van der Waals surface area contributed by atoms with Crippen molar-refractivity contribution in [2.24, 2.45) is 0 Å². The number of benzene rings is 4. The minimum atomic E-state index is -4.12. The number of unbranched alkanes of at least 4 members (excludes halogenated alkanes) is 2. The van der Waals surface area contributed by atoms with E-state index in [1.54, 1.807) is 24.3 Å². The van der Waals surface area contributed by atoms with Crippen molar-refractivity contribution >= 4 is 89.3 Å². The fourth-order valence-electron chi connectivity index (χ4n) is 12.2. The Hall–Kier alpha value is -8.97. The molecule has 2 aromatic heterocycles. The number of nitrogens with zero attached hydrogens (tertiary/aromatic N) is 5. The number of carbonyl (C=O) groups excluding carboxylic acids is 3. The number of aliphatic carboxylic acids is 1. The summed E-state index contributed by atoms with van der Waals surface area (Å²) in [7, 11) is -8.23. The average molecular weight is 1280 g/mol. The highest BCUT2D eigenvalue weighted by atomic mass is 32.2. The third kappa shape index (κ3) is 16.5. The van der Waals surface area contributed by atoms with Crippen LogP contribution in [0.4, 0.5) is 23.0 Å². The summed E-state index contributed by atoms with van der Waals surface area (Å²) in [6, 6.07) is 28.7. The third-order valence-electron chi connectivity index (χ3n) is 16.9. The molecule has 2 aliphatic heterocycles. The molecule has 0 fully saturated rings. The summed E-state index contributed by atoms with van der Waals surface area (Å²) >= 11 is 0. The van der Waals surface area contributed by atoms with Gasteiger partial charge in [0.05, 0.1) is 35.4 Å². The Labute approximate surface area is 529 Å². The van der Waals surface area contributed by atoms with E-state index in [0.29, 0.717) is 62.1 Å². The minimum absolute atomic E-state index is 0.0330. The topological polar surface area (TPSA) is 337 Å². The van der Waals surface area contributed by atoms with Crippen molar-refractivity contribution in [3.05, 3.63) is 188 Å². The Morgan fingerprint density at radius 2 is 1.44 bits per heavy atom. The molecular formula is C67H77N10O12S2+. The van der Waals surface area contributed by atoms with Gasteiger partial charge in [0.15, 0.2) is 16.9 Å². The number of carbonyl (C=O) groups is 4. The first kappa shape index (κ1) is 66.4. The monoisotopic (exact) mass is 1280 g/mol. The third-order valence-corrected chi connectivity index (χ3v) is 18.5. The normalized spacial score (nSPS) is 16.6. The van der Waals surface area contributed by atoms with Crippen molar-refractivity contribution < 1.29 is 54.8 Å². The number of carboxylic acids is 1. The van der Waals surface area contributed by atoms with Gasteiger partial charge in [-0.3, -0.25) is 33.3 Å². The standard InChI is InChI=1S/C67H76N10O12S2/c1-66(2)51-18-5-7-20-54(51)76(37-9-11-39-90(84,85)86)56(66)34-28-43-15-13-16-44(29-35-57-67(3,4)52-19-6-8-21-55(52)77(57)38-10-12-40-91(87,88)89)58(43)45-22-24-46(25-23-45)61(79)69-36-14-17-50(78)32-33-53(64(82)83)73-62(80)47-26-30-48(31-27-47)70-41-49-42-71-60-59(72-49)63(81)75-65(68)74-60/h5-8,18-31,34-35,42,53H,9-17,32-33,36-41H2,1-4H3,(H8-,68,69,70,71,73,74,75,79,80,81,82,83,84,85,86,87,88,89)/p+1/t53-/m0/s1. The molecule has 0 radical (unpaired) electrons. The zero-order valence-corrected chi connectivity index (χ0v) is 53.0. The molecule has 2 amide bonds. The molecule has 3 aliphatic rings. The number of ketones is 1. The van der Waals surface area contributed by atoms with Crippen LogP contribution in [-0.4, -0.2) is 122 Å². The Morgan fingerprint density at radius 1 is 0.769 bits per heavy atom. The van der Waals surface area contributed by atoms with Crippen molar-refractivity contribution in [2.45, 2.75) is 122 Å². The van der Waals surface area contributed by atoms with E-state index in [0.717, 1.165) is 75.5 Å². The highest BCUT2D eigenvalue weighted by Gasteiger charge is 2.44. The van der Waals surface area contributed by atoms with Gasteiger partial charge < -0.3 is 31.7 Å². The molecule has 91 heavy (non-hydrogen) atoms. The van der Waals surface area contributed by atoms with E-state index in [-0.39, 0.29) is 78.2 Å². The van der Waals surface area contributed by atoms with Crippen LogP contribution in [0, 0.1) is 0 Å². The second-order valence-corrected chi connectivity index (χ2v) is 27.2. The number of H-pyrrole nitrogens is 1. The molecule has 1 atom stereocenters. The molecule has 9 N–H and O–H groups in total. The number of Topliss-reactive ketones (excluding diaryl/α,β-unsaturated/α-hetero) is 1. The number of aromatic amines is 1. The average Bonchev–Trinajstić information content (AvgIpc) is 1.62. The van der Waals surface area contributed by atoms with Gasteiger partial charge >= 0.3 is 5.97 Å². The van der Waals surface area contributed by atoms with Crippen molar-refractivity contribution in [2.75, 3.05) is 47.1 Å². The van der Waals surface area contributed by atoms with E-state index < -0.39 is 54.5 Å². The summed E-state index contributed by atoms with van der Waals surface area (Å²) in [4.78, 5) is 81.4. The van der Waals surface area contributed by atoms with Gasteiger partial charge in [-0.1, -0.05) is 74.5 Å². The molecule has 478 valence electrons. The first-order chi connectivity index (χ1) is 43.3. The fraction of sp³-hybridized carbons (Fsp3) is 0.358. The van der Waals surface area contributed by atoms with E-state index in [1.165, 1.54) is 18.3 Å². The van der Waals surface area contributed by atoms with Gasteiger partial charge in [0.2, 0.25) is 11.6 Å². The molecule has 22 nitrogen and oxygen atoms in total. The summed E-state index contributed by atoms with van der Waals surface area (Å²) in [6.45, 7) is 10.1. The number of allylic oxidation sites excluding steroid dienone is 8. The van der Waals surface area contributed by atoms with Crippen LogP contribution in [-0.2, 0) is 47.2 Å². The SMILES string of the molecule is CC1(C)C(/C=C/C2=C(c3ccc(C(=O)NCCCC(=O)CC[C@H](NC(=O)c4ccc(NCc5cnc6nc(N)[nH]c(=O)c6n5)cc4)C(=O)O)cc3)C(=C/C=C3/N(CCCCS(=O)(=O)O)c4ccccc4C3(C)C)/CCC2)=[N+](CCCCS(=O)(=O)O)c2ccccc21. The van der Waals surface area contributed by atoms with Crippen LogP contribution in [0.2, 0.25) is 0 Å². The summed E-state index contributed by atoms with van der Waals surface area (Å²) in [5.74, 6) is -3.23. The quantitative estimate of drug-likeness (QED) is 0.0129. The Bertz CT molecular complexity index is 4230. The lowest BCUT2D eigenvalue weighted by Crippen LogP contribution is -2.41. The zero-order chi connectivity index (χ0) is 65.3. The van der Waals surface area contributed by atoms with E-state index in [4.69, 9.17) is 5.73 Å². The molecule has 0 bridgehead atoms. The van der Waals surface area contributed by atoms with Crippen molar-refractivity contribution in [3.8, 4) is 0 Å². The molecule has 1 aliphatic carbocycles. The summed E-state index contributed by atoms with van der Waals surface area (Å²) in [5.41, 5.74) is 16.5. The number of aromatic nitrogens is 4. The number of nitrogens with one attached hydrogen (secondary N) is 4. The van der Waals surface area contributed by atoms with E-state index >= 15 is 0 Å². The molecule has 6 aromatic rings. The number of nitrogen functional groups attached to an aromatic ring is 1. The molecule has 0 saturated carbocycles. The molecule has 4 aromatic carbocycles. The Kier molecular flexibility index (Phi) is 20.8. The molecular weight excluding hydrogens is 1200 g/mol. The highest BCUT2D eigenvalue weighted by Crippen LogP contribution is 2.48. The lowest BCUT2D eigenvalue weighted by atomic mass is 9.79. The molecule has 9 rings (SSSR count). The number of carboxylic acid groups (broad SMARTS) is 1. The van der Waals surface area contributed by atoms with Crippen LogP contribution in [0.5, 0.6) is 0 Å². The van der Waals surface area contributed by atoms with Crippen LogP contribution in [0.15, 0.2) is 149 Å². The van der Waals surface area contributed by atoms with Gasteiger partial charge in [-0.05, 0) is 142 Å². The number of anilines is 3. The van der Waals surface area contributed by atoms with Crippen molar-refractivity contribution in [1.29, 1.82) is 0 Å². The lowest BCUT2D eigenvalue weighted by Gasteiger charge is -2.28. The first-order valence-electron chi connectivity index (χ1n) is 30.4. The molecule has 4 heterocycles. The largest absolute Gasteiger partial charge is 0.480 e. The molecule has 0 unspecified atom stereocenters. The molecule has 0 spiro atoms. The van der Waals surface area contributed by atoms with Gasteiger partial charge in [-0.15, -0.1) is 0 Å². The number of hydrogen-bond donors (Lipinski definition) is 8. The zero-order valence-electron chi connectivity index (χ0n) is 51.4. The maximum atomic E-state index is 13.7. The van der Waals surface area contributed by atoms with E-state index in [1.807, 2.05) is 36.4 Å². The fourth-order valence-corrected chi connectivity index (χ4v) is 13.3. The van der Waals surface area contributed by atoms with Crippen molar-refractivity contribution in [1.82, 2.24) is 30.6 Å². The Balaban J connectivity index is 0.869. The summed E-state index contributed by atoms with van der Waals surface area (Å²) < 4.78 is 67.8. The van der Waals surface area contributed by atoms with Gasteiger partial charge in [0.25, 0.3) is 37.6 Å². The van der Waals surface area contributed by atoms with Gasteiger partial charge in [-0.25, -0.2) is 14.8 Å². The number of amides is 2. The number of fused-ring (bicyclic) bond motifs is 3. The minimum Gasteiger partial charge on any atom is -0.480 e. The van der Waals surface area contributed by atoms with E-state index in [9.17, 15) is 55.0 Å². The van der Waals surface area contributed by atoms with Crippen LogP contribution in [0.1, 0.15) is 141 Å². The van der Waals surface area contributed by atoms with Gasteiger partial charge in [0, 0.05) is 83.7 Å². The van der Waals surface area contributed by atoms with E-state index in [2.05, 4.69) is 122 Å². The van der Waals surface area contributed by atoms with Crippen LogP contribution >= 0.6 is 0 Å². The predicted molar refractivity (Wildman–Crippen MR) is 351 cm³/mol. The summed E-state index contributed by atoms with van der Waals surface area (Å²) in [5, 5.41) is 18.5. The number of hydrogen-bond acceptors (Lipinski definition) is 15. The first-order valence-corrected chi connectivity index (χ1v) is 33.6. The second-order valence-electron chi connectivity index (χ2n) is 24.1. The summed E-state index contributed by atoms with van der Waals surface area (Å²) in [6.07, 6.45) is 14.2. The number of rotatable bonds is 28. The van der Waals surface area contributed by atoms with Crippen molar-refractivity contribution in [3.63, 3.8) is 0 Å². The second kappa shape index (κ2) is 28.5. The smallest absolute Gasteiger partial charge is 0.326 e. The molecule has 0 saturated heterocycles.